The van der Waals surface area contributed by atoms with Gasteiger partial charge in [0.15, 0.2) is 5.82 Å². The lowest BCUT2D eigenvalue weighted by atomic mass is 9.98. The Labute approximate surface area is 157 Å². The smallest absolute Gasteiger partial charge is 0.315 e. The molecule has 7 nitrogen and oxygen atoms in total. The Morgan fingerprint density at radius 1 is 0.963 bits per heavy atom. The highest BCUT2D eigenvalue weighted by atomic mass is 16.5. The van der Waals surface area contributed by atoms with Crippen LogP contribution in [0, 0.1) is 0 Å². The predicted octanol–water partition coefficient (Wildman–Crippen LogP) is 3.38. The number of rotatable bonds is 6. The van der Waals surface area contributed by atoms with Gasteiger partial charge in [0.1, 0.15) is 11.5 Å². The molecule has 0 bridgehead atoms. The van der Waals surface area contributed by atoms with Gasteiger partial charge in [-0.3, -0.25) is 4.57 Å². The fourth-order valence-corrected chi connectivity index (χ4v) is 2.97. The number of phenolic OH excluding ortho intramolecular Hbond substituents is 2. The van der Waals surface area contributed by atoms with Crippen molar-refractivity contribution in [3.8, 4) is 28.9 Å². The van der Waals surface area contributed by atoms with E-state index in [1.165, 1.54) is 10.6 Å². The molecule has 7 heteroatoms. The van der Waals surface area contributed by atoms with Crippen LogP contribution in [0.1, 0.15) is 36.5 Å². The maximum Gasteiger partial charge on any atom is 0.315 e. The molecule has 0 radical (unpaired) electrons. The minimum absolute atomic E-state index is 0.0234. The number of methoxy groups -OCH3 is 1. The highest BCUT2D eigenvalue weighted by Crippen LogP contribution is 2.38. The van der Waals surface area contributed by atoms with E-state index in [2.05, 4.69) is 10.2 Å². The average molecular weight is 369 g/mol. The van der Waals surface area contributed by atoms with Crippen molar-refractivity contribution in [2.45, 2.75) is 32.9 Å². The summed E-state index contributed by atoms with van der Waals surface area (Å²) in [5, 5.41) is 38.3. The van der Waals surface area contributed by atoms with Gasteiger partial charge in [-0.1, -0.05) is 43.2 Å². The molecule has 1 aromatic heterocycles. The van der Waals surface area contributed by atoms with Crippen molar-refractivity contribution < 1.29 is 20.1 Å². The maximum absolute atomic E-state index is 10.3. The van der Waals surface area contributed by atoms with Crippen molar-refractivity contribution in [2.24, 2.45) is 0 Å². The number of benzene rings is 2. The molecule has 0 aliphatic heterocycles. The van der Waals surface area contributed by atoms with Gasteiger partial charge in [-0.15, -0.1) is 5.10 Å². The van der Waals surface area contributed by atoms with Gasteiger partial charge < -0.3 is 20.1 Å². The Morgan fingerprint density at radius 3 is 2.26 bits per heavy atom. The van der Waals surface area contributed by atoms with Crippen LogP contribution in [0.3, 0.4) is 0 Å². The molecule has 3 rings (SSSR count). The summed E-state index contributed by atoms with van der Waals surface area (Å²) in [6.07, 6.45) is 0. The highest BCUT2D eigenvalue weighted by molar-refractivity contribution is 5.68. The summed E-state index contributed by atoms with van der Waals surface area (Å²) < 4.78 is 6.62. The summed E-state index contributed by atoms with van der Waals surface area (Å²) >= 11 is 0. The molecule has 3 N–H and O–H groups in total. The van der Waals surface area contributed by atoms with Gasteiger partial charge in [0.05, 0.1) is 18.7 Å². The van der Waals surface area contributed by atoms with E-state index in [1.807, 2.05) is 38.1 Å². The van der Waals surface area contributed by atoms with E-state index in [-0.39, 0.29) is 23.4 Å². The molecular formula is C20H23N3O4. The fourth-order valence-electron chi connectivity index (χ4n) is 2.97. The predicted molar refractivity (Wildman–Crippen MR) is 101 cm³/mol. The molecule has 1 heterocycles. The number of hydrogen-bond acceptors (Lipinski definition) is 6. The van der Waals surface area contributed by atoms with Gasteiger partial charge in [-0.25, -0.2) is 0 Å². The van der Waals surface area contributed by atoms with E-state index in [9.17, 15) is 15.3 Å². The lowest BCUT2D eigenvalue weighted by Crippen LogP contribution is -2.03. The third-order valence-corrected chi connectivity index (χ3v) is 4.41. The fraction of sp³-hybridized carbons (Fsp3) is 0.300. The number of aromatic hydroxyl groups is 3. The zero-order valence-electron chi connectivity index (χ0n) is 15.5. The number of phenols is 2. The summed E-state index contributed by atoms with van der Waals surface area (Å²) in [5.74, 6) is 0.284. The minimum atomic E-state index is -0.246. The molecule has 0 saturated heterocycles. The zero-order chi connectivity index (χ0) is 19.6. The molecule has 0 aliphatic rings. The molecule has 0 fully saturated rings. The summed E-state index contributed by atoms with van der Waals surface area (Å²) in [7, 11) is 1.64. The number of hydrogen-bond donors (Lipinski definition) is 3. The summed E-state index contributed by atoms with van der Waals surface area (Å²) in [5.41, 5.74) is 3.07. The first kappa shape index (κ1) is 18.7. The first-order chi connectivity index (χ1) is 12.9. The molecule has 0 spiro atoms. The number of aromatic nitrogens is 3. The summed E-state index contributed by atoms with van der Waals surface area (Å²) in [6.45, 7) is 4.75. The second-order valence-corrected chi connectivity index (χ2v) is 6.74. The molecule has 142 valence electrons. The second kappa shape index (κ2) is 7.67. The van der Waals surface area contributed by atoms with Crippen LogP contribution >= 0.6 is 0 Å². The Balaban J connectivity index is 1.99. The normalized spacial score (nSPS) is 11.3. The van der Waals surface area contributed by atoms with Crippen LogP contribution < -0.4 is 0 Å². The van der Waals surface area contributed by atoms with Crippen molar-refractivity contribution in [3.63, 3.8) is 0 Å². The van der Waals surface area contributed by atoms with Crippen LogP contribution in [0.4, 0.5) is 0 Å². The number of ether oxygens (including phenoxy) is 1. The van der Waals surface area contributed by atoms with Crippen LogP contribution in [0.5, 0.6) is 17.5 Å². The highest BCUT2D eigenvalue weighted by Gasteiger charge is 2.20. The molecule has 0 atom stereocenters. The molecule has 0 saturated carbocycles. The van der Waals surface area contributed by atoms with E-state index in [1.54, 1.807) is 13.2 Å². The Hall–Kier alpha value is -3.06. The van der Waals surface area contributed by atoms with Gasteiger partial charge in [0, 0.05) is 13.2 Å². The zero-order valence-corrected chi connectivity index (χ0v) is 15.5. The molecular weight excluding hydrogens is 346 g/mol. The molecule has 0 aliphatic carbocycles. The Bertz CT molecular complexity index is 933. The topological polar surface area (TPSA) is 101 Å². The van der Waals surface area contributed by atoms with Gasteiger partial charge in [-0.2, -0.15) is 0 Å². The van der Waals surface area contributed by atoms with Crippen molar-refractivity contribution in [3.05, 3.63) is 53.1 Å². The van der Waals surface area contributed by atoms with Crippen molar-refractivity contribution in [1.29, 1.82) is 0 Å². The van der Waals surface area contributed by atoms with Crippen molar-refractivity contribution in [2.75, 3.05) is 7.11 Å². The average Bonchev–Trinajstić information content (AvgIpc) is 2.97. The molecule has 0 amide bonds. The van der Waals surface area contributed by atoms with Gasteiger partial charge in [0.2, 0.25) is 0 Å². The van der Waals surface area contributed by atoms with Crippen LogP contribution in [0.2, 0.25) is 0 Å². The van der Waals surface area contributed by atoms with Crippen molar-refractivity contribution >= 4 is 0 Å². The minimum Gasteiger partial charge on any atom is -0.508 e. The van der Waals surface area contributed by atoms with E-state index in [4.69, 9.17) is 4.74 Å². The molecule has 0 unspecified atom stereocenters. The van der Waals surface area contributed by atoms with E-state index in [0.717, 1.165) is 11.1 Å². The van der Waals surface area contributed by atoms with E-state index < -0.39 is 0 Å². The molecule has 2 aromatic carbocycles. The van der Waals surface area contributed by atoms with E-state index >= 15 is 0 Å². The van der Waals surface area contributed by atoms with E-state index in [0.29, 0.717) is 30.1 Å². The summed E-state index contributed by atoms with van der Waals surface area (Å²) in [4.78, 5) is 0. The third-order valence-electron chi connectivity index (χ3n) is 4.41. The second-order valence-electron chi connectivity index (χ2n) is 6.74. The van der Waals surface area contributed by atoms with Gasteiger partial charge >= 0.3 is 6.01 Å². The van der Waals surface area contributed by atoms with Gasteiger partial charge in [-0.05, 0) is 28.7 Å². The maximum atomic E-state index is 10.3. The summed E-state index contributed by atoms with van der Waals surface area (Å²) in [6, 6.07) is 10.5. The van der Waals surface area contributed by atoms with Crippen LogP contribution in [0.15, 0.2) is 36.4 Å². The SMILES string of the molecule is COCc1ccc(Cn2c(O)nnc2-c2cc(C(C)C)c(O)cc2O)cc1. The first-order valence-corrected chi connectivity index (χ1v) is 8.65. The standard InChI is InChI=1S/C20H23N3O4/c1-12(2)15-8-16(18(25)9-17(15)24)19-21-22-20(26)23(19)10-13-4-6-14(7-5-13)11-27-3/h4-9,12,24-25H,10-11H2,1-3H3,(H,22,26). The number of nitrogens with zero attached hydrogens (tertiary/aromatic N) is 3. The van der Waals surface area contributed by atoms with Gasteiger partial charge in [0.25, 0.3) is 0 Å². The molecule has 27 heavy (non-hydrogen) atoms. The first-order valence-electron chi connectivity index (χ1n) is 8.65. The third kappa shape index (κ3) is 3.88. The Kier molecular flexibility index (Phi) is 5.32. The lowest BCUT2D eigenvalue weighted by Gasteiger charge is -2.13. The van der Waals surface area contributed by atoms with Crippen molar-refractivity contribution in [1.82, 2.24) is 14.8 Å². The quantitative estimate of drug-likeness (QED) is 0.616. The Morgan fingerprint density at radius 2 is 1.63 bits per heavy atom. The van der Waals surface area contributed by atoms with Crippen LogP contribution in [-0.2, 0) is 17.9 Å². The van der Waals surface area contributed by atoms with Crippen LogP contribution in [0.25, 0.3) is 11.4 Å². The van der Waals surface area contributed by atoms with Crippen LogP contribution in [-0.4, -0.2) is 37.2 Å². The lowest BCUT2D eigenvalue weighted by molar-refractivity contribution is 0.185. The monoisotopic (exact) mass is 369 g/mol. The molecule has 3 aromatic rings. The largest absolute Gasteiger partial charge is 0.508 e.